The van der Waals surface area contributed by atoms with Gasteiger partial charge in [-0.25, -0.2) is 9.97 Å². The summed E-state index contributed by atoms with van der Waals surface area (Å²) in [6.45, 7) is 10.4. The predicted octanol–water partition coefficient (Wildman–Crippen LogP) is 4.36. The molecule has 5 rings (SSSR count). The molecule has 5 nitrogen and oxygen atoms in total. The number of fused-ring (bicyclic) bond motifs is 3. The van der Waals surface area contributed by atoms with E-state index in [2.05, 4.69) is 81.9 Å². The molecule has 3 heterocycles. The first-order valence-electron chi connectivity index (χ1n) is 9.91. The van der Waals surface area contributed by atoms with Crippen molar-refractivity contribution in [3.63, 3.8) is 0 Å². The number of rotatable bonds is 2. The van der Waals surface area contributed by atoms with E-state index in [-0.39, 0.29) is 0 Å². The fraction of sp³-hybridized carbons (Fsp3) is 0.304. The van der Waals surface area contributed by atoms with Gasteiger partial charge in [-0.15, -0.1) is 0 Å². The van der Waals surface area contributed by atoms with Crippen LogP contribution < -0.4 is 9.80 Å². The van der Waals surface area contributed by atoms with Crippen LogP contribution in [0.5, 0.6) is 0 Å². The standard InChI is InChI=1S/C23H25N5/c1-15-7-8-19(17(3)13-15)27-9-11-28(12-10-27)23-22-21(24-14-25-23)20-16(2)5-4-6-18(20)26-22/h4-8,13-14,26H,9-12H2,1-3H3. The van der Waals surface area contributed by atoms with Crippen molar-refractivity contribution >= 4 is 33.4 Å². The van der Waals surface area contributed by atoms with E-state index >= 15 is 0 Å². The number of nitrogens with zero attached hydrogens (tertiary/aromatic N) is 4. The van der Waals surface area contributed by atoms with Crippen LogP contribution in [0.1, 0.15) is 16.7 Å². The molecule has 1 aliphatic rings. The lowest BCUT2D eigenvalue weighted by Crippen LogP contribution is -2.47. The van der Waals surface area contributed by atoms with Gasteiger partial charge in [0.2, 0.25) is 0 Å². The number of hydrogen-bond donors (Lipinski definition) is 1. The molecule has 1 saturated heterocycles. The summed E-state index contributed by atoms with van der Waals surface area (Å²) in [5, 5.41) is 1.20. The van der Waals surface area contributed by atoms with Crippen molar-refractivity contribution in [3.8, 4) is 0 Å². The Morgan fingerprint density at radius 1 is 0.857 bits per heavy atom. The molecule has 0 atom stereocenters. The van der Waals surface area contributed by atoms with Crippen molar-refractivity contribution < 1.29 is 0 Å². The maximum absolute atomic E-state index is 4.65. The molecule has 5 heteroatoms. The van der Waals surface area contributed by atoms with E-state index in [1.54, 1.807) is 6.33 Å². The van der Waals surface area contributed by atoms with E-state index in [9.17, 15) is 0 Å². The van der Waals surface area contributed by atoms with Crippen molar-refractivity contribution in [1.29, 1.82) is 0 Å². The average molecular weight is 371 g/mol. The van der Waals surface area contributed by atoms with Gasteiger partial charge >= 0.3 is 0 Å². The summed E-state index contributed by atoms with van der Waals surface area (Å²) in [7, 11) is 0. The molecule has 2 aromatic heterocycles. The minimum absolute atomic E-state index is 0.952. The molecule has 0 amide bonds. The fourth-order valence-electron chi connectivity index (χ4n) is 4.46. The monoisotopic (exact) mass is 371 g/mol. The first-order valence-corrected chi connectivity index (χ1v) is 9.91. The summed E-state index contributed by atoms with van der Waals surface area (Å²) in [6.07, 6.45) is 1.70. The quantitative estimate of drug-likeness (QED) is 0.569. The molecular weight excluding hydrogens is 346 g/mol. The topological polar surface area (TPSA) is 48.1 Å². The fourth-order valence-corrected chi connectivity index (χ4v) is 4.46. The minimum Gasteiger partial charge on any atom is -0.368 e. The molecule has 1 fully saturated rings. The van der Waals surface area contributed by atoms with Crippen LogP contribution in [0, 0.1) is 20.8 Å². The molecule has 0 unspecified atom stereocenters. The number of anilines is 2. The molecule has 1 N–H and O–H groups in total. The van der Waals surface area contributed by atoms with Crippen LogP contribution in [0.15, 0.2) is 42.7 Å². The summed E-state index contributed by atoms with van der Waals surface area (Å²) in [6, 6.07) is 13.1. The summed E-state index contributed by atoms with van der Waals surface area (Å²) < 4.78 is 0. The zero-order chi connectivity index (χ0) is 19.3. The molecule has 142 valence electrons. The van der Waals surface area contributed by atoms with Crippen molar-refractivity contribution in [3.05, 3.63) is 59.4 Å². The van der Waals surface area contributed by atoms with E-state index < -0.39 is 0 Å². The lowest BCUT2D eigenvalue weighted by Gasteiger charge is -2.37. The molecule has 0 radical (unpaired) electrons. The zero-order valence-electron chi connectivity index (χ0n) is 16.7. The first kappa shape index (κ1) is 17.0. The van der Waals surface area contributed by atoms with Gasteiger partial charge in [0, 0.05) is 42.8 Å². The third-order valence-corrected chi connectivity index (χ3v) is 5.87. The van der Waals surface area contributed by atoms with Gasteiger partial charge in [0.05, 0.1) is 0 Å². The van der Waals surface area contributed by atoms with Gasteiger partial charge in [-0.2, -0.15) is 0 Å². The highest BCUT2D eigenvalue weighted by atomic mass is 15.3. The molecule has 28 heavy (non-hydrogen) atoms. The highest BCUT2D eigenvalue weighted by Crippen LogP contribution is 2.32. The highest BCUT2D eigenvalue weighted by Gasteiger charge is 2.22. The number of aromatic amines is 1. The van der Waals surface area contributed by atoms with E-state index in [1.807, 2.05) is 0 Å². The smallest absolute Gasteiger partial charge is 0.156 e. The van der Waals surface area contributed by atoms with Crippen molar-refractivity contribution in [2.75, 3.05) is 36.0 Å². The molecule has 4 aromatic rings. The number of piperazine rings is 1. The first-order chi connectivity index (χ1) is 13.6. The number of aromatic nitrogens is 3. The van der Waals surface area contributed by atoms with Crippen LogP contribution in [0.3, 0.4) is 0 Å². The third-order valence-electron chi connectivity index (χ3n) is 5.87. The summed E-state index contributed by atoms with van der Waals surface area (Å²) in [5.41, 5.74) is 8.46. The van der Waals surface area contributed by atoms with E-state index in [1.165, 1.54) is 27.8 Å². The van der Waals surface area contributed by atoms with Crippen LogP contribution >= 0.6 is 0 Å². The van der Waals surface area contributed by atoms with Gasteiger partial charge in [-0.3, -0.25) is 0 Å². The summed E-state index contributed by atoms with van der Waals surface area (Å²) in [5.74, 6) is 1.01. The maximum atomic E-state index is 4.65. The largest absolute Gasteiger partial charge is 0.368 e. The van der Waals surface area contributed by atoms with Gasteiger partial charge in [-0.1, -0.05) is 29.8 Å². The Morgan fingerprint density at radius 3 is 2.43 bits per heavy atom. The van der Waals surface area contributed by atoms with E-state index in [0.717, 1.165) is 48.5 Å². The molecule has 0 aliphatic carbocycles. The van der Waals surface area contributed by atoms with Gasteiger partial charge < -0.3 is 14.8 Å². The van der Waals surface area contributed by atoms with Crippen LogP contribution in [-0.2, 0) is 0 Å². The lowest BCUT2D eigenvalue weighted by molar-refractivity contribution is 0.647. The Bertz CT molecular complexity index is 1170. The Morgan fingerprint density at radius 2 is 1.64 bits per heavy atom. The number of H-pyrrole nitrogens is 1. The molecular formula is C23H25N5. The van der Waals surface area contributed by atoms with Gasteiger partial charge in [0.15, 0.2) is 5.82 Å². The van der Waals surface area contributed by atoms with Crippen LogP contribution in [-0.4, -0.2) is 41.1 Å². The molecule has 2 aromatic carbocycles. The number of aryl methyl sites for hydroxylation is 3. The predicted molar refractivity (Wildman–Crippen MR) is 116 cm³/mol. The SMILES string of the molecule is Cc1ccc(N2CCN(c3ncnc4c3[nH]c3cccc(C)c34)CC2)c(C)c1. The van der Waals surface area contributed by atoms with Gasteiger partial charge in [-0.05, 0) is 44.0 Å². The summed E-state index contributed by atoms with van der Waals surface area (Å²) in [4.78, 5) is 17.7. The van der Waals surface area contributed by atoms with Crippen LogP contribution in [0.25, 0.3) is 21.9 Å². The Hall–Kier alpha value is -3.08. The van der Waals surface area contributed by atoms with Crippen molar-refractivity contribution in [2.45, 2.75) is 20.8 Å². The third kappa shape index (κ3) is 2.70. The number of benzene rings is 2. The Balaban J connectivity index is 1.46. The maximum Gasteiger partial charge on any atom is 0.156 e. The highest BCUT2D eigenvalue weighted by molar-refractivity contribution is 6.09. The Kier molecular flexibility index (Phi) is 3.97. The number of hydrogen-bond acceptors (Lipinski definition) is 4. The van der Waals surface area contributed by atoms with Crippen molar-refractivity contribution in [2.24, 2.45) is 0 Å². The minimum atomic E-state index is 0.952. The van der Waals surface area contributed by atoms with Crippen molar-refractivity contribution in [1.82, 2.24) is 15.0 Å². The zero-order valence-corrected chi connectivity index (χ0v) is 16.7. The summed E-state index contributed by atoms with van der Waals surface area (Å²) >= 11 is 0. The second-order valence-corrected chi connectivity index (χ2v) is 7.81. The van der Waals surface area contributed by atoms with Gasteiger partial charge in [0.1, 0.15) is 17.4 Å². The average Bonchev–Trinajstić information content (AvgIpc) is 3.08. The van der Waals surface area contributed by atoms with E-state index in [0.29, 0.717) is 0 Å². The van der Waals surface area contributed by atoms with Crippen LogP contribution in [0.4, 0.5) is 11.5 Å². The van der Waals surface area contributed by atoms with Crippen LogP contribution in [0.2, 0.25) is 0 Å². The second-order valence-electron chi connectivity index (χ2n) is 7.81. The molecule has 0 bridgehead atoms. The molecule has 0 spiro atoms. The Labute approximate surface area is 165 Å². The number of nitrogens with one attached hydrogen (secondary N) is 1. The second kappa shape index (κ2) is 6.51. The van der Waals surface area contributed by atoms with Gasteiger partial charge in [0.25, 0.3) is 0 Å². The molecule has 1 aliphatic heterocycles. The van der Waals surface area contributed by atoms with E-state index in [4.69, 9.17) is 0 Å². The lowest BCUT2D eigenvalue weighted by atomic mass is 10.1. The normalized spacial score (nSPS) is 15.0. The molecule has 0 saturated carbocycles.